The SMILES string of the molecule is CC/C=C(\Cc1ccc(CCC)cc1)Nc1ccc(N=C(C=C(C)N)c2ccc(F)cc2)cc1. The van der Waals surface area contributed by atoms with Gasteiger partial charge in [0.25, 0.3) is 0 Å². The van der Waals surface area contributed by atoms with Crippen LogP contribution in [0.1, 0.15) is 50.3 Å². The van der Waals surface area contributed by atoms with E-state index < -0.39 is 0 Å². The predicted octanol–water partition coefficient (Wildman–Crippen LogP) is 7.71. The molecule has 0 aromatic heterocycles. The predicted molar refractivity (Wildman–Crippen MR) is 143 cm³/mol. The Bertz CT molecular complexity index is 1140. The summed E-state index contributed by atoms with van der Waals surface area (Å²) in [7, 11) is 0. The second-order valence-corrected chi connectivity index (χ2v) is 8.45. The Balaban J connectivity index is 1.75. The molecule has 4 heteroatoms. The Kier molecular flexibility index (Phi) is 9.21. The van der Waals surface area contributed by atoms with Crippen molar-refractivity contribution in [1.29, 1.82) is 0 Å². The van der Waals surface area contributed by atoms with Crippen LogP contribution in [0.4, 0.5) is 15.8 Å². The molecular formula is C30H34FN3. The summed E-state index contributed by atoms with van der Waals surface area (Å²) >= 11 is 0. The van der Waals surface area contributed by atoms with Crippen LogP contribution in [-0.2, 0) is 12.8 Å². The van der Waals surface area contributed by atoms with Crippen LogP contribution < -0.4 is 11.1 Å². The average Bonchev–Trinajstić information content (AvgIpc) is 2.82. The third-order valence-corrected chi connectivity index (χ3v) is 5.33. The molecule has 0 heterocycles. The Morgan fingerprint density at radius 3 is 2.15 bits per heavy atom. The van der Waals surface area contributed by atoms with Crippen molar-refractivity contribution in [2.24, 2.45) is 10.7 Å². The molecule has 0 fully saturated rings. The topological polar surface area (TPSA) is 50.4 Å². The van der Waals surface area contributed by atoms with Crippen molar-refractivity contribution >= 4 is 17.1 Å². The molecule has 3 rings (SSSR count). The lowest BCUT2D eigenvalue weighted by Gasteiger charge is -2.12. The van der Waals surface area contributed by atoms with E-state index in [0.29, 0.717) is 11.4 Å². The van der Waals surface area contributed by atoms with Crippen molar-refractivity contribution in [3.05, 3.63) is 119 Å². The van der Waals surface area contributed by atoms with E-state index in [1.807, 2.05) is 31.2 Å². The fourth-order valence-electron chi connectivity index (χ4n) is 3.71. The second-order valence-electron chi connectivity index (χ2n) is 8.45. The summed E-state index contributed by atoms with van der Waals surface area (Å²) in [5.41, 5.74) is 13.7. The first-order valence-electron chi connectivity index (χ1n) is 11.9. The molecule has 0 saturated carbocycles. The van der Waals surface area contributed by atoms with Crippen LogP contribution in [0.15, 0.2) is 101 Å². The standard InChI is InChI=1S/C30H34FN3/c1-4-6-23-8-10-24(11-9-23)21-29(7-5-2)33-27-16-18-28(19-17-27)34-30(20-22(3)32)25-12-14-26(31)15-13-25/h7-20,33H,4-6,21,32H2,1-3H3/b22-20?,29-7+,34-30?. The minimum Gasteiger partial charge on any atom is -0.402 e. The first-order chi connectivity index (χ1) is 16.5. The zero-order valence-electron chi connectivity index (χ0n) is 20.3. The van der Waals surface area contributed by atoms with E-state index in [1.165, 1.54) is 29.0 Å². The number of halogens is 1. The third kappa shape index (κ3) is 7.73. The fourth-order valence-corrected chi connectivity index (χ4v) is 3.71. The summed E-state index contributed by atoms with van der Waals surface area (Å²) in [6.07, 6.45) is 8.13. The zero-order chi connectivity index (χ0) is 24.3. The minimum atomic E-state index is -0.278. The summed E-state index contributed by atoms with van der Waals surface area (Å²) in [6.45, 7) is 6.16. The van der Waals surface area contributed by atoms with Gasteiger partial charge in [-0.1, -0.05) is 50.6 Å². The zero-order valence-corrected chi connectivity index (χ0v) is 20.3. The normalized spacial score (nSPS) is 12.6. The number of hydrogen-bond donors (Lipinski definition) is 2. The van der Waals surface area contributed by atoms with Crippen LogP contribution in [-0.4, -0.2) is 5.71 Å². The van der Waals surface area contributed by atoms with Crippen LogP contribution >= 0.6 is 0 Å². The van der Waals surface area contributed by atoms with Gasteiger partial charge in [-0.3, -0.25) is 0 Å². The molecule has 0 saturated heterocycles. The lowest BCUT2D eigenvalue weighted by atomic mass is 10.0. The number of allylic oxidation sites excluding steroid dienone is 4. The molecular weight excluding hydrogens is 421 g/mol. The van der Waals surface area contributed by atoms with E-state index in [0.717, 1.165) is 42.6 Å². The molecule has 3 aromatic rings. The monoisotopic (exact) mass is 455 g/mol. The van der Waals surface area contributed by atoms with Gasteiger partial charge in [0.05, 0.1) is 11.4 Å². The summed E-state index contributed by atoms with van der Waals surface area (Å²) < 4.78 is 13.3. The van der Waals surface area contributed by atoms with E-state index in [9.17, 15) is 4.39 Å². The molecule has 176 valence electrons. The number of hydrogen-bond acceptors (Lipinski definition) is 3. The van der Waals surface area contributed by atoms with E-state index in [-0.39, 0.29) is 5.82 Å². The molecule has 0 aliphatic carbocycles. The highest BCUT2D eigenvalue weighted by atomic mass is 19.1. The highest BCUT2D eigenvalue weighted by Crippen LogP contribution is 2.21. The smallest absolute Gasteiger partial charge is 0.123 e. The number of nitrogens with two attached hydrogens (primary N) is 1. The van der Waals surface area contributed by atoms with Gasteiger partial charge in [-0.25, -0.2) is 9.38 Å². The highest BCUT2D eigenvalue weighted by Gasteiger charge is 2.05. The number of aliphatic imine (C=N–C) groups is 1. The first-order valence-corrected chi connectivity index (χ1v) is 11.9. The Morgan fingerprint density at radius 1 is 0.912 bits per heavy atom. The lowest BCUT2D eigenvalue weighted by molar-refractivity contribution is 0.628. The van der Waals surface area contributed by atoms with E-state index in [1.54, 1.807) is 18.2 Å². The summed E-state index contributed by atoms with van der Waals surface area (Å²) in [6, 6.07) is 23.1. The van der Waals surface area contributed by atoms with Crippen LogP contribution in [0.5, 0.6) is 0 Å². The van der Waals surface area contributed by atoms with Gasteiger partial charge in [0, 0.05) is 29.1 Å². The van der Waals surface area contributed by atoms with Crippen molar-refractivity contribution in [3.8, 4) is 0 Å². The highest BCUT2D eigenvalue weighted by molar-refractivity contribution is 6.10. The molecule has 3 N–H and O–H groups in total. The molecule has 0 bridgehead atoms. The number of nitrogens with zero attached hydrogens (tertiary/aromatic N) is 1. The molecule has 0 aliphatic heterocycles. The van der Waals surface area contributed by atoms with Gasteiger partial charge in [0.15, 0.2) is 0 Å². The third-order valence-electron chi connectivity index (χ3n) is 5.33. The molecule has 0 atom stereocenters. The van der Waals surface area contributed by atoms with Gasteiger partial charge in [0.1, 0.15) is 5.82 Å². The van der Waals surface area contributed by atoms with Crippen LogP contribution in [0.3, 0.4) is 0 Å². The number of nitrogens with one attached hydrogen (secondary N) is 1. The second kappa shape index (κ2) is 12.5. The number of rotatable bonds is 10. The maximum Gasteiger partial charge on any atom is 0.123 e. The summed E-state index contributed by atoms with van der Waals surface area (Å²) in [5.74, 6) is -0.278. The van der Waals surface area contributed by atoms with Gasteiger partial charge in [-0.15, -0.1) is 0 Å². The fraction of sp³-hybridized carbons (Fsp3) is 0.233. The Labute approximate surface area is 202 Å². The molecule has 0 radical (unpaired) electrons. The minimum absolute atomic E-state index is 0.278. The number of anilines is 1. The van der Waals surface area contributed by atoms with Crippen LogP contribution in [0.2, 0.25) is 0 Å². The van der Waals surface area contributed by atoms with Crippen LogP contribution in [0, 0.1) is 5.82 Å². The molecule has 0 aliphatic rings. The number of benzene rings is 3. The molecule has 34 heavy (non-hydrogen) atoms. The quantitative estimate of drug-likeness (QED) is 0.308. The Morgan fingerprint density at radius 2 is 1.56 bits per heavy atom. The molecule has 3 nitrogen and oxygen atoms in total. The van der Waals surface area contributed by atoms with E-state index in [2.05, 4.69) is 49.5 Å². The molecule has 0 spiro atoms. The maximum atomic E-state index is 13.3. The maximum absolute atomic E-state index is 13.3. The van der Waals surface area contributed by atoms with Gasteiger partial charge in [0.2, 0.25) is 0 Å². The Hall–Kier alpha value is -3.66. The summed E-state index contributed by atoms with van der Waals surface area (Å²) in [5, 5.41) is 3.56. The molecule has 3 aromatic carbocycles. The van der Waals surface area contributed by atoms with Gasteiger partial charge in [-0.2, -0.15) is 0 Å². The van der Waals surface area contributed by atoms with Crippen molar-refractivity contribution in [2.45, 2.75) is 46.5 Å². The van der Waals surface area contributed by atoms with Crippen LogP contribution in [0.25, 0.3) is 0 Å². The lowest BCUT2D eigenvalue weighted by Crippen LogP contribution is -2.03. The van der Waals surface area contributed by atoms with E-state index in [4.69, 9.17) is 10.7 Å². The van der Waals surface area contributed by atoms with Gasteiger partial charge < -0.3 is 11.1 Å². The largest absolute Gasteiger partial charge is 0.402 e. The van der Waals surface area contributed by atoms with Crippen molar-refractivity contribution < 1.29 is 4.39 Å². The first kappa shape index (κ1) is 25.0. The van der Waals surface area contributed by atoms with Crippen molar-refractivity contribution in [3.63, 3.8) is 0 Å². The molecule has 0 amide bonds. The molecule has 0 unspecified atom stereocenters. The number of aryl methyl sites for hydroxylation is 1. The average molecular weight is 456 g/mol. The summed E-state index contributed by atoms with van der Waals surface area (Å²) in [4.78, 5) is 4.74. The van der Waals surface area contributed by atoms with Crippen molar-refractivity contribution in [2.75, 3.05) is 5.32 Å². The van der Waals surface area contributed by atoms with Crippen molar-refractivity contribution in [1.82, 2.24) is 0 Å². The van der Waals surface area contributed by atoms with Gasteiger partial charge >= 0.3 is 0 Å². The van der Waals surface area contributed by atoms with Gasteiger partial charge in [-0.05, 0) is 85.5 Å². The van der Waals surface area contributed by atoms with E-state index >= 15 is 0 Å².